The minimum Gasteiger partial charge on any atom is -0.459 e. The van der Waals surface area contributed by atoms with Crippen molar-refractivity contribution in [3.05, 3.63) is 24.3 Å². The molecule has 0 bridgehead atoms. The molecule has 1 aliphatic rings. The van der Waals surface area contributed by atoms with Crippen LogP contribution >= 0.6 is 0 Å². The van der Waals surface area contributed by atoms with Gasteiger partial charge in [0, 0.05) is 6.54 Å². The van der Waals surface area contributed by atoms with Crippen molar-refractivity contribution in [2.24, 2.45) is 5.92 Å². The fourth-order valence-corrected chi connectivity index (χ4v) is 2.80. The molecule has 0 amide bonds. The predicted octanol–water partition coefficient (Wildman–Crippen LogP) is 2.10. The molecule has 0 unspecified atom stereocenters. The minimum atomic E-state index is 0.447. The Morgan fingerprint density at radius 1 is 1.33 bits per heavy atom. The Morgan fingerprint density at radius 2 is 2.14 bits per heavy atom. The Labute approximate surface area is 124 Å². The molecular formula is C15H22N4O2. The second-order valence-corrected chi connectivity index (χ2v) is 5.92. The molecule has 3 heterocycles. The quantitative estimate of drug-likeness (QED) is 0.840. The lowest BCUT2D eigenvalue weighted by Crippen LogP contribution is -2.35. The molecule has 21 heavy (non-hydrogen) atoms. The molecule has 0 N–H and O–H groups in total. The summed E-state index contributed by atoms with van der Waals surface area (Å²) in [4.78, 5) is 4.65. The molecule has 3 rings (SSSR count). The Kier molecular flexibility index (Phi) is 4.36. The van der Waals surface area contributed by atoms with E-state index in [4.69, 9.17) is 8.83 Å². The largest absolute Gasteiger partial charge is 0.459 e. The van der Waals surface area contributed by atoms with E-state index in [-0.39, 0.29) is 0 Å². The van der Waals surface area contributed by atoms with Crippen LogP contribution in [0.25, 0.3) is 11.7 Å². The van der Waals surface area contributed by atoms with E-state index in [2.05, 4.69) is 34.1 Å². The monoisotopic (exact) mass is 290 g/mol. The van der Waals surface area contributed by atoms with Crippen molar-refractivity contribution < 1.29 is 8.83 Å². The number of likely N-dealkylation sites (tertiary alicyclic amines) is 1. The SMILES string of the molecule is CN1CCC(CN(C)Cc2nnc(-c3ccco3)o2)CC1. The van der Waals surface area contributed by atoms with Gasteiger partial charge in [0.1, 0.15) is 0 Å². The highest BCUT2D eigenvalue weighted by Gasteiger charge is 2.19. The second kappa shape index (κ2) is 6.41. The third-order valence-electron chi connectivity index (χ3n) is 4.01. The summed E-state index contributed by atoms with van der Waals surface area (Å²) in [7, 11) is 4.30. The number of hydrogen-bond acceptors (Lipinski definition) is 6. The van der Waals surface area contributed by atoms with Crippen molar-refractivity contribution in [2.75, 3.05) is 33.7 Å². The average molecular weight is 290 g/mol. The summed E-state index contributed by atoms with van der Waals surface area (Å²) < 4.78 is 10.9. The highest BCUT2D eigenvalue weighted by Crippen LogP contribution is 2.20. The molecule has 0 saturated carbocycles. The van der Waals surface area contributed by atoms with Gasteiger partial charge < -0.3 is 13.7 Å². The lowest BCUT2D eigenvalue weighted by atomic mass is 9.97. The zero-order valence-corrected chi connectivity index (χ0v) is 12.7. The number of rotatable bonds is 5. The van der Waals surface area contributed by atoms with Gasteiger partial charge in [0.25, 0.3) is 5.89 Å². The van der Waals surface area contributed by atoms with Crippen molar-refractivity contribution >= 4 is 0 Å². The average Bonchev–Trinajstić information content (AvgIpc) is 3.12. The first-order valence-electron chi connectivity index (χ1n) is 7.44. The van der Waals surface area contributed by atoms with Gasteiger partial charge >= 0.3 is 0 Å². The van der Waals surface area contributed by atoms with Crippen molar-refractivity contribution in [2.45, 2.75) is 19.4 Å². The predicted molar refractivity (Wildman–Crippen MR) is 78.6 cm³/mol. The van der Waals surface area contributed by atoms with Crippen LogP contribution in [0.15, 0.2) is 27.2 Å². The zero-order valence-electron chi connectivity index (χ0n) is 12.7. The molecule has 2 aromatic heterocycles. The van der Waals surface area contributed by atoms with Crippen LogP contribution in [0.4, 0.5) is 0 Å². The van der Waals surface area contributed by atoms with Crippen LogP contribution in [-0.4, -0.2) is 53.7 Å². The summed E-state index contributed by atoms with van der Waals surface area (Å²) in [6.45, 7) is 4.15. The Morgan fingerprint density at radius 3 is 2.86 bits per heavy atom. The summed E-state index contributed by atoms with van der Waals surface area (Å²) in [5.41, 5.74) is 0. The van der Waals surface area contributed by atoms with Gasteiger partial charge in [-0.25, -0.2) is 0 Å². The minimum absolute atomic E-state index is 0.447. The molecule has 0 aromatic carbocycles. The molecule has 6 nitrogen and oxygen atoms in total. The van der Waals surface area contributed by atoms with Gasteiger partial charge in [-0.3, -0.25) is 4.90 Å². The van der Waals surface area contributed by atoms with E-state index in [1.807, 2.05) is 12.1 Å². The van der Waals surface area contributed by atoms with Gasteiger partial charge in [-0.1, -0.05) is 0 Å². The van der Waals surface area contributed by atoms with Crippen molar-refractivity contribution in [1.82, 2.24) is 20.0 Å². The molecule has 1 saturated heterocycles. The van der Waals surface area contributed by atoms with E-state index in [0.29, 0.717) is 24.1 Å². The highest BCUT2D eigenvalue weighted by atomic mass is 16.4. The molecule has 0 atom stereocenters. The molecule has 6 heteroatoms. The van der Waals surface area contributed by atoms with E-state index in [9.17, 15) is 0 Å². The van der Waals surface area contributed by atoms with E-state index >= 15 is 0 Å². The first-order chi connectivity index (χ1) is 10.2. The maximum absolute atomic E-state index is 5.64. The molecule has 2 aromatic rings. The summed E-state index contributed by atoms with van der Waals surface area (Å²) >= 11 is 0. The number of hydrogen-bond donors (Lipinski definition) is 0. The lowest BCUT2D eigenvalue weighted by Gasteiger charge is -2.31. The van der Waals surface area contributed by atoms with Crippen LogP contribution in [0, 0.1) is 5.92 Å². The van der Waals surface area contributed by atoms with Gasteiger partial charge in [0.15, 0.2) is 5.76 Å². The summed E-state index contributed by atoms with van der Waals surface area (Å²) in [5, 5.41) is 8.12. The third kappa shape index (κ3) is 3.71. The van der Waals surface area contributed by atoms with Crippen LogP contribution in [0.1, 0.15) is 18.7 Å². The van der Waals surface area contributed by atoms with E-state index < -0.39 is 0 Å². The number of nitrogens with zero attached hydrogens (tertiary/aromatic N) is 4. The van der Waals surface area contributed by atoms with Crippen LogP contribution in [0.3, 0.4) is 0 Å². The first kappa shape index (κ1) is 14.3. The van der Waals surface area contributed by atoms with Crippen molar-refractivity contribution in [3.8, 4) is 11.7 Å². The van der Waals surface area contributed by atoms with Crippen LogP contribution < -0.4 is 0 Å². The van der Waals surface area contributed by atoms with Crippen molar-refractivity contribution in [3.63, 3.8) is 0 Å². The normalized spacial score (nSPS) is 17.7. The first-order valence-corrected chi connectivity index (χ1v) is 7.44. The summed E-state index contributed by atoms with van der Waals surface area (Å²) in [6.07, 6.45) is 4.13. The van der Waals surface area contributed by atoms with Gasteiger partial charge in [-0.05, 0) is 58.1 Å². The number of aromatic nitrogens is 2. The van der Waals surface area contributed by atoms with Crippen LogP contribution in [-0.2, 0) is 6.54 Å². The fourth-order valence-electron chi connectivity index (χ4n) is 2.80. The van der Waals surface area contributed by atoms with Crippen LogP contribution in [0.2, 0.25) is 0 Å². The van der Waals surface area contributed by atoms with E-state index in [0.717, 1.165) is 12.5 Å². The molecule has 1 aliphatic heterocycles. The van der Waals surface area contributed by atoms with Crippen molar-refractivity contribution in [1.29, 1.82) is 0 Å². The van der Waals surface area contributed by atoms with Gasteiger partial charge in [0.05, 0.1) is 12.8 Å². The summed E-state index contributed by atoms with van der Waals surface area (Å²) in [6, 6.07) is 3.63. The zero-order chi connectivity index (χ0) is 14.7. The maximum atomic E-state index is 5.64. The Hall–Kier alpha value is -1.66. The van der Waals surface area contributed by atoms with Crippen LogP contribution in [0.5, 0.6) is 0 Å². The third-order valence-corrected chi connectivity index (χ3v) is 4.01. The number of piperidine rings is 1. The standard InChI is InChI=1S/C15H22N4O2/c1-18-7-5-12(6-8-18)10-19(2)11-14-16-17-15(21-14)13-4-3-9-20-13/h3-4,9,12H,5-8,10-11H2,1-2H3. The highest BCUT2D eigenvalue weighted by molar-refractivity contribution is 5.42. The molecule has 114 valence electrons. The molecule has 1 fully saturated rings. The topological polar surface area (TPSA) is 58.5 Å². The van der Waals surface area contributed by atoms with Gasteiger partial charge in [0.2, 0.25) is 5.89 Å². The lowest BCUT2D eigenvalue weighted by molar-refractivity contribution is 0.167. The summed E-state index contributed by atoms with van der Waals surface area (Å²) in [5.74, 6) is 2.46. The maximum Gasteiger partial charge on any atom is 0.283 e. The Bertz CT molecular complexity index is 544. The van der Waals surface area contributed by atoms with Gasteiger partial charge in [-0.15, -0.1) is 10.2 Å². The molecule has 0 aliphatic carbocycles. The fraction of sp³-hybridized carbons (Fsp3) is 0.600. The molecular weight excluding hydrogens is 268 g/mol. The van der Waals surface area contributed by atoms with E-state index in [1.54, 1.807) is 6.26 Å². The molecule has 0 radical (unpaired) electrons. The molecule has 0 spiro atoms. The Balaban J connectivity index is 1.52. The number of furan rings is 1. The van der Waals surface area contributed by atoms with Gasteiger partial charge in [-0.2, -0.15) is 0 Å². The second-order valence-electron chi connectivity index (χ2n) is 5.92. The smallest absolute Gasteiger partial charge is 0.283 e. The van der Waals surface area contributed by atoms with E-state index in [1.165, 1.54) is 25.9 Å².